The Hall–Kier alpha value is -2.38. The lowest BCUT2D eigenvalue weighted by Gasteiger charge is -2.15. The van der Waals surface area contributed by atoms with Crippen molar-refractivity contribution in [1.29, 1.82) is 0 Å². The lowest BCUT2D eigenvalue weighted by atomic mass is 9.89. The van der Waals surface area contributed by atoms with E-state index in [2.05, 4.69) is 67.6 Å². The van der Waals surface area contributed by atoms with Gasteiger partial charge in [-0.15, -0.1) is 0 Å². The van der Waals surface area contributed by atoms with Gasteiger partial charge < -0.3 is 5.11 Å². The van der Waals surface area contributed by atoms with Crippen LogP contribution in [0.2, 0.25) is 0 Å². The summed E-state index contributed by atoms with van der Waals surface area (Å²) >= 11 is 0. The lowest BCUT2D eigenvalue weighted by molar-refractivity contribution is 0.281. The zero-order chi connectivity index (χ0) is 15.1. The van der Waals surface area contributed by atoms with E-state index in [1.165, 1.54) is 38.6 Å². The fraction of sp³-hybridized carbons (Fsp3) is 0.143. The topological polar surface area (TPSA) is 20.2 Å². The van der Waals surface area contributed by atoms with E-state index in [-0.39, 0.29) is 6.61 Å². The predicted octanol–water partition coefficient (Wildman–Crippen LogP) is 4.71. The summed E-state index contributed by atoms with van der Waals surface area (Å²) in [6.07, 6.45) is 1.000. The normalized spacial score (nSPS) is 13.7. The molecule has 3 aromatic carbocycles. The van der Waals surface area contributed by atoms with E-state index in [1.807, 2.05) is 0 Å². The largest absolute Gasteiger partial charge is 0.392 e. The third kappa shape index (κ3) is 1.90. The summed E-state index contributed by atoms with van der Waals surface area (Å²) < 4.78 is 0. The monoisotopic (exact) mass is 286 g/mol. The first kappa shape index (κ1) is 13.3. The number of rotatable bonds is 2. The molecule has 0 heterocycles. The first-order valence-corrected chi connectivity index (χ1v) is 7.69. The third-order valence-corrected chi connectivity index (χ3v) is 4.60. The van der Waals surface area contributed by atoms with Crippen LogP contribution in [0.25, 0.3) is 16.3 Å². The van der Waals surface area contributed by atoms with E-state index in [4.69, 9.17) is 0 Å². The van der Waals surface area contributed by atoms with Crippen LogP contribution in [-0.2, 0) is 13.0 Å². The average molecular weight is 286 g/mol. The maximum atomic E-state index is 9.85. The molecule has 1 nitrogen and oxygen atoms in total. The van der Waals surface area contributed by atoms with Gasteiger partial charge in [-0.2, -0.15) is 0 Å². The number of hydrogen-bond acceptors (Lipinski definition) is 1. The van der Waals surface area contributed by atoms with Crippen LogP contribution >= 0.6 is 0 Å². The van der Waals surface area contributed by atoms with Crippen LogP contribution in [0.1, 0.15) is 29.2 Å². The molecule has 108 valence electrons. The van der Waals surface area contributed by atoms with E-state index in [1.54, 1.807) is 0 Å². The molecule has 0 unspecified atom stereocenters. The van der Waals surface area contributed by atoms with Crippen LogP contribution in [0.3, 0.4) is 0 Å². The Morgan fingerprint density at radius 1 is 0.909 bits per heavy atom. The number of fused-ring (bicyclic) bond motifs is 2. The SMILES string of the molecule is CC1=C(c2c(CO)ccc3ccccc23)c2ccccc2C1. The van der Waals surface area contributed by atoms with Crippen molar-refractivity contribution in [3.63, 3.8) is 0 Å². The zero-order valence-corrected chi connectivity index (χ0v) is 12.6. The van der Waals surface area contributed by atoms with Crippen LogP contribution in [0, 0.1) is 0 Å². The van der Waals surface area contributed by atoms with Gasteiger partial charge in [0.25, 0.3) is 0 Å². The van der Waals surface area contributed by atoms with Crippen molar-refractivity contribution < 1.29 is 5.11 Å². The molecule has 0 atom stereocenters. The highest BCUT2D eigenvalue weighted by atomic mass is 16.3. The Balaban J connectivity index is 2.08. The summed E-state index contributed by atoms with van der Waals surface area (Å²) in [6.45, 7) is 2.28. The van der Waals surface area contributed by atoms with E-state index >= 15 is 0 Å². The minimum Gasteiger partial charge on any atom is -0.392 e. The molecule has 0 spiro atoms. The summed E-state index contributed by atoms with van der Waals surface area (Å²) in [6, 6.07) is 21.2. The first-order chi connectivity index (χ1) is 10.8. The molecular formula is C21H18O. The molecule has 1 aliphatic rings. The molecule has 0 aromatic heterocycles. The molecule has 0 aliphatic heterocycles. The highest BCUT2D eigenvalue weighted by molar-refractivity contribution is 6.01. The molecule has 0 radical (unpaired) electrons. The van der Waals surface area contributed by atoms with Crippen LogP contribution in [0.4, 0.5) is 0 Å². The molecule has 0 fully saturated rings. The van der Waals surface area contributed by atoms with E-state index in [9.17, 15) is 5.11 Å². The van der Waals surface area contributed by atoms with Gasteiger partial charge in [0.1, 0.15) is 0 Å². The third-order valence-electron chi connectivity index (χ3n) is 4.60. The number of benzene rings is 3. The Bertz CT molecular complexity index is 903. The first-order valence-electron chi connectivity index (χ1n) is 7.69. The second-order valence-corrected chi connectivity index (χ2v) is 5.97. The van der Waals surface area contributed by atoms with Gasteiger partial charge in [-0.3, -0.25) is 0 Å². The summed E-state index contributed by atoms with van der Waals surface area (Å²) in [5.41, 5.74) is 7.58. The van der Waals surface area contributed by atoms with Crippen molar-refractivity contribution >= 4 is 16.3 Å². The van der Waals surface area contributed by atoms with Crippen LogP contribution in [-0.4, -0.2) is 5.11 Å². The second kappa shape index (κ2) is 5.11. The summed E-state index contributed by atoms with van der Waals surface area (Å²) in [5, 5.41) is 12.3. The maximum Gasteiger partial charge on any atom is 0.0688 e. The van der Waals surface area contributed by atoms with Crippen molar-refractivity contribution in [3.05, 3.63) is 88.5 Å². The molecule has 1 heteroatoms. The molecule has 1 N–H and O–H groups in total. The highest BCUT2D eigenvalue weighted by Gasteiger charge is 2.23. The Labute approximate surface area is 130 Å². The van der Waals surface area contributed by atoms with Crippen molar-refractivity contribution in [2.75, 3.05) is 0 Å². The van der Waals surface area contributed by atoms with Gasteiger partial charge in [0.2, 0.25) is 0 Å². The molecule has 4 rings (SSSR count). The highest BCUT2D eigenvalue weighted by Crippen LogP contribution is 2.41. The molecule has 1 aliphatic carbocycles. The van der Waals surface area contributed by atoms with Crippen LogP contribution in [0.15, 0.2) is 66.2 Å². The Kier molecular flexibility index (Phi) is 3.09. The van der Waals surface area contributed by atoms with Gasteiger partial charge in [0.15, 0.2) is 0 Å². The van der Waals surface area contributed by atoms with Crippen molar-refractivity contribution in [2.45, 2.75) is 20.0 Å². The predicted molar refractivity (Wildman–Crippen MR) is 91.7 cm³/mol. The molecule has 0 saturated heterocycles. The maximum absolute atomic E-state index is 9.85. The van der Waals surface area contributed by atoms with Crippen molar-refractivity contribution in [1.82, 2.24) is 0 Å². The number of aliphatic hydroxyl groups excluding tert-OH is 1. The smallest absolute Gasteiger partial charge is 0.0688 e. The van der Waals surface area contributed by atoms with Crippen molar-refractivity contribution in [3.8, 4) is 0 Å². The quantitative estimate of drug-likeness (QED) is 0.723. The standard InChI is InChI=1S/C21H18O/c1-14-12-16-7-3-5-9-19(16)20(14)21-17(13-22)11-10-15-6-2-4-8-18(15)21/h2-11,22H,12-13H2,1H3. The molecule has 0 saturated carbocycles. The zero-order valence-electron chi connectivity index (χ0n) is 12.6. The number of allylic oxidation sites excluding steroid dienone is 1. The minimum atomic E-state index is 0.0686. The van der Waals surface area contributed by atoms with Gasteiger partial charge >= 0.3 is 0 Å². The van der Waals surface area contributed by atoms with Crippen LogP contribution < -0.4 is 0 Å². The van der Waals surface area contributed by atoms with E-state index in [0.717, 1.165) is 12.0 Å². The summed E-state index contributed by atoms with van der Waals surface area (Å²) in [4.78, 5) is 0. The van der Waals surface area contributed by atoms with Gasteiger partial charge in [-0.1, -0.05) is 66.2 Å². The number of hydrogen-bond donors (Lipinski definition) is 1. The van der Waals surface area contributed by atoms with Gasteiger partial charge in [-0.25, -0.2) is 0 Å². The molecule has 22 heavy (non-hydrogen) atoms. The molecule has 3 aromatic rings. The fourth-order valence-corrected chi connectivity index (χ4v) is 3.61. The second-order valence-electron chi connectivity index (χ2n) is 5.97. The summed E-state index contributed by atoms with van der Waals surface area (Å²) in [5.74, 6) is 0. The summed E-state index contributed by atoms with van der Waals surface area (Å²) in [7, 11) is 0. The van der Waals surface area contributed by atoms with Crippen molar-refractivity contribution in [2.24, 2.45) is 0 Å². The van der Waals surface area contributed by atoms with E-state index in [0.29, 0.717) is 0 Å². The lowest BCUT2D eigenvalue weighted by Crippen LogP contribution is -1.97. The Morgan fingerprint density at radius 3 is 2.55 bits per heavy atom. The van der Waals surface area contributed by atoms with Gasteiger partial charge in [0.05, 0.1) is 6.61 Å². The van der Waals surface area contributed by atoms with E-state index < -0.39 is 0 Å². The average Bonchev–Trinajstić information content (AvgIpc) is 2.89. The molecular weight excluding hydrogens is 268 g/mol. The molecule has 0 bridgehead atoms. The fourth-order valence-electron chi connectivity index (χ4n) is 3.61. The molecule has 0 amide bonds. The van der Waals surface area contributed by atoms with Gasteiger partial charge in [-0.05, 0) is 51.9 Å². The van der Waals surface area contributed by atoms with Gasteiger partial charge in [0, 0.05) is 0 Å². The van der Waals surface area contributed by atoms with Crippen LogP contribution in [0.5, 0.6) is 0 Å². The number of aliphatic hydroxyl groups is 1. The minimum absolute atomic E-state index is 0.0686. The Morgan fingerprint density at radius 2 is 1.68 bits per heavy atom.